The van der Waals surface area contributed by atoms with Crippen molar-refractivity contribution in [3.8, 4) is 5.75 Å². The van der Waals surface area contributed by atoms with E-state index in [2.05, 4.69) is 5.32 Å². The molecule has 0 fully saturated rings. The number of amides is 3. The van der Waals surface area contributed by atoms with Gasteiger partial charge in [0.2, 0.25) is 0 Å². The van der Waals surface area contributed by atoms with Gasteiger partial charge in [0.1, 0.15) is 16.6 Å². The first kappa shape index (κ1) is 20.6. The SMILES string of the molecule is CCOC(=O)N1CCc2c(sc(NC(=O)COc3ccc(F)cc3)c2C(N)=O)C1. The lowest BCUT2D eigenvalue weighted by atomic mass is 10.0. The minimum absolute atomic E-state index is 0.253. The highest BCUT2D eigenvalue weighted by Gasteiger charge is 2.30. The highest BCUT2D eigenvalue weighted by Crippen LogP contribution is 2.37. The summed E-state index contributed by atoms with van der Waals surface area (Å²) in [6.45, 7) is 2.35. The first-order chi connectivity index (χ1) is 13.9. The number of benzene rings is 1. The Morgan fingerprint density at radius 2 is 2.00 bits per heavy atom. The summed E-state index contributed by atoms with van der Waals surface area (Å²) in [4.78, 5) is 38.5. The van der Waals surface area contributed by atoms with Crippen molar-refractivity contribution in [3.63, 3.8) is 0 Å². The van der Waals surface area contributed by atoms with E-state index in [1.54, 1.807) is 6.92 Å². The summed E-state index contributed by atoms with van der Waals surface area (Å²) < 4.78 is 23.2. The Balaban J connectivity index is 1.70. The number of hydrogen-bond acceptors (Lipinski definition) is 6. The molecule has 1 aromatic carbocycles. The second-order valence-electron chi connectivity index (χ2n) is 6.23. The average molecular weight is 421 g/mol. The van der Waals surface area contributed by atoms with Gasteiger partial charge in [0.25, 0.3) is 11.8 Å². The molecule has 154 valence electrons. The van der Waals surface area contributed by atoms with Crippen LogP contribution in [-0.4, -0.2) is 42.6 Å². The molecule has 10 heteroatoms. The lowest BCUT2D eigenvalue weighted by Crippen LogP contribution is -2.36. The minimum Gasteiger partial charge on any atom is -0.484 e. The molecular formula is C19H20FN3O5S. The number of rotatable bonds is 6. The fraction of sp³-hybridized carbons (Fsp3) is 0.316. The third-order valence-electron chi connectivity index (χ3n) is 4.27. The topological polar surface area (TPSA) is 111 Å². The van der Waals surface area contributed by atoms with Gasteiger partial charge in [-0.2, -0.15) is 0 Å². The van der Waals surface area contributed by atoms with Crippen LogP contribution in [0.3, 0.4) is 0 Å². The first-order valence-electron chi connectivity index (χ1n) is 8.93. The number of halogens is 1. The Morgan fingerprint density at radius 1 is 1.28 bits per heavy atom. The zero-order valence-corrected chi connectivity index (χ0v) is 16.5. The summed E-state index contributed by atoms with van der Waals surface area (Å²) in [6, 6.07) is 5.26. The molecule has 3 N–H and O–H groups in total. The van der Waals surface area contributed by atoms with Crippen molar-refractivity contribution in [1.29, 1.82) is 0 Å². The van der Waals surface area contributed by atoms with Crippen LogP contribution in [0.25, 0.3) is 0 Å². The number of nitrogens with zero attached hydrogens (tertiary/aromatic N) is 1. The van der Waals surface area contributed by atoms with Gasteiger partial charge >= 0.3 is 6.09 Å². The summed E-state index contributed by atoms with van der Waals surface area (Å²) in [5.41, 5.74) is 6.51. The molecule has 0 atom stereocenters. The van der Waals surface area contributed by atoms with Crippen molar-refractivity contribution in [1.82, 2.24) is 4.90 Å². The molecule has 0 unspecified atom stereocenters. The van der Waals surface area contributed by atoms with Crippen LogP contribution in [0.15, 0.2) is 24.3 Å². The zero-order valence-electron chi connectivity index (χ0n) is 15.7. The van der Waals surface area contributed by atoms with E-state index in [0.717, 1.165) is 10.4 Å². The zero-order chi connectivity index (χ0) is 21.0. The number of carbonyl (C=O) groups is 3. The molecule has 0 bridgehead atoms. The monoisotopic (exact) mass is 421 g/mol. The molecule has 1 aromatic heterocycles. The number of fused-ring (bicyclic) bond motifs is 1. The second kappa shape index (κ2) is 8.91. The fourth-order valence-corrected chi connectivity index (χ4v) is 4.25. The van der Waals surface area contributed by atoms with E-state index in [4.69, 9.17) is 15.2 Å². The predicted octanol–water partition coefficient (Wildman–Crippen LogP) is 2.52. The van der Waals surface area contributed by atoms with Crippen LogP contribution in [0.4, 0.5) is 14.2 Å². The van der Waals surface area contributed by atoms with Gasteiger partial charge in [0, 0.05) is 11.4 Å². The molecule has 0 saturated carbocycles. The summed E-state index contributed by atoms with van der Waals surface area (Å²) in [5.74, 6) is -1.21. The van der Waals surface area contributed by atoms with Gasteiger partial charge < -0.3 is 25.4 Å². The quantitative estimate of drug-likeness (QED) is 0.745. The summed E-state index contributed by atoms with van der Waals surface area (Å²) in [5, 5.41) is 2.97. The second-order valence-corrected chi connectivity index (χ2v) is 7.34. The molecule has 0 aliphatic carbocycles. The maximum Gasteiger partial charge on any atom is 0.410 e. The molecule has 0 saturated heterocycles. The maximum atomic E-state index is 12.9. The molecular weight excluding hydrogens is 401 g/mol. The van der Waals surface area contributed by atoms with Crippen LogP contribution < -0.4 is 15.8 Å². The summed E-state index contributed by atoms with van der Waals surface area (Å²) in [7, 11) is 0. The van der Waals surface area contributed by atoms with Crippen LogP contribution in [0.1, 0.15) is 27.7 Å². The van der Waals surface area contributed by atoms with E-state index in [-0.39, 0.29) is 25.3 Å². The molecule has 3 rings (SSSR count). The molecule has 1 aliphatic heterocycles. The average Bonchev–Trinajstić information content (AvgIpc) is 3.04. The normalized spacial score (nSPS) is 12.8. The van der Waals surface area contributed by atoms with Gasteiger partial charge in [-0.3, -0.25) is 9.59 Å². The van der Waals surface area contributed by atoms with Crippen LogP contribution in [0, 0.1) is 5.82 Å². The van der Waals surface area contributed by atoms with E-state index >= 15 is 0 Å². The van der Waals surface area contributed by atoms with Crippen molar-refractivity contribution in [2.24, 2.45) is 5.73 Å². The number of thiophene rings is 1. The van der Waals surface area contributed by atoms with Gasteiger partial charge in [-0.15, -0.1) is 11.3 Å². The largest absolute Gasteiger partial charge is 0.484 e. The van der Waals surface area contributed by atoms with Crippen LogP contribution >= 0.6 is 11.3 Å². The molecule has 8 nitrogen and oxygen atoms in total. The van der Waals surface area contributed by atoms with Crippen LogP contribution in [0.5, 0.6) is 5.75 Å². The number of hydrogen-bond donors (Lipinski definition) is 2. The van der Waals surface area contributed by atoms with E-state index < -0.39 is 23.7 Å². The van der Waals surface area contributed by atoms with Crippen molar-refractivity contribution >= 4 is 34.2 Å². The molecule has 2 aromatic rings. The van der Waals surface area contributed by atoms with Gasteiger partial charge in [0.05, 0.1) is 18.7 Å². The number of anilines is 1. The van der Waals surface area contributed by atoms with E-state index in [9.17, 15) is 18.8 Å². The van der Waals surface area contributed by atoms with Crippen molar-refractivity contribution in [3.05, 3.63) is 46.1 Å². The van der Waals surface area contributed by atoms with Crippen LogP contribution in [0.2, 0.25) is 0 Å². The Kier molecular flexibility index (Phi) is 6.32. The van der Waals surface area contributed by atoms with Crippen LogP contribution in [-0.2, 0) is 22.5 Å². The Hall–Kier alpha value is -3.14. The molecule has 3 amide bonds. The smallest absolute Gasteiger partial charge is 0.410 e. The van der Waals surface area contributed by atoms with E-state index in [1.807, 2.05) is 0 Å². The van der Waals surface area contributed by atoms with Gasteiger partial charge in [-0.05, 0) is 43.2 Å². The van der Waals surface area contributed by atoms with Crippen molar-refractivity contribution in [2.45, 2.75) is 19.9 Å². The van der Waals surface area contributed by atoms with Gasteiger partial charge in [-0.25, -0.2) is 9.18 Å². The molecule has 0 spiro atoms. The Labute approximate surface area is 170 Å². The first-order valence-corrected chi connectivity index (χ1v) is 9.75. The predicted molar refractivity (Wildman–Crippen MR) is 104 cm³/mol. The van der Waals surface area contributed by atoms with E-state index in [1.165, 1.54) is 40.5 Å². The molecule has 0 radical (unpaired) electrons. The summed E-state index contributed by atoms with van der Waals surface area (Å²) >= 11 is 1.19. The standard InChI is InChI=1S/C19H20FN3O5S/c1-2-27-19(26)23-8-7-13-14(9-23)29-18(16(13)17(21)25)22-15(24)10-28-12-5-3-11(20)4-6-12/h3-6H,2,7-10H2,1H3,(H2,21,25)(H,22,24). The maximum absolute atomic E-state index is 12.9. The molecule has 1 aliphatic rings. The fourth-order valence-electron chi connectivity index (χ4n) is 2.97. The number of carbonyl (C=O) groups excluding carboxylic acids is 3. The van der Waals surface area contributed by atoms with Crippen molar-refractivity contribution < 1.29 is 28.2 Å². The van der Waals surface area contributed by atoms with E-state index in [0.29, 0.717) is 23.7 Å². The minimum atomic E-state index is -0.651. The third-order valence-corrected chi connectivity index (χ3v) is 5.40. The Morgan fingerprint density at radius 3 is 2.66 bits per heavy atom. The lowest BCUT2D eigenvalue weighted by molar-refractivity contribution is -0.118. The number of nitrogens with two attached hydrogens (primary N) is 1. The third kappa shape index (κ3) is 4.83. The van der Waals surface area contributed by atoms with Gasteiger partial charge in [-0.1, -0.05) is 0 Å². The summed E-state index contributed by atoms with van der Waals surface area (Å²) in [6.07, 6.45) is 0.00989. The number of primary amides is 1. The van der Waals surface area contributed by atoms with Gasteiger partial charge in [0.15, 0.2) is 6.61 Å². The number of ether oxygens (including phenoxy) is 2. The highest BCUT2D eigenvalue weighted by molar-refractivity contribution is 7.17. The molecule has 2 heterocycles. The highest BCUT2D eigenvalue weighted by atomic mass is 32.1. The lowest BCUT2D eigenvalue weighted by Gasteiger charge is -2.26. The molecule has 29 heavy (non-hydrogen) atoms. The Bertz CT molecular complexity index is 929. The van der Waals surface area contributed by atoms with Crippen molar-refractivity contribution in [2.75, 3.05) is 25.1 Å². The number of nitrogens with one attached hydrogen (secondary N) is 1.